The number of aromatic nitrogens is 5. The van der Waals surface area contributed by atoms with Gasteiger partial charge in [0.05, 0.1) is 35.7 Å². The van der Waals surface area contributed by atoms with Crippen molar-refractivity contribution in [2.24, 2.45) is 0 Å². The van der Waals surface area contributed by atoms with Gasteiger partial charge in [0.2, 0.25) is 0 Å². The largest absolute Gasteiger partial charge is 0.497 e. The van der Waals surface area contributed by atoms with Crippen molar-refractivity contribution in [2.75, 3.05) is 14.2 Å². The number of H-pyrrole nitrogens is 1. The number of nitrogens with zero attached hydrogens (tertiary/aromatic N) is 4. The Morgan fingerprint density at radius 2 is 1.91 bits per heavy atom. The van der Waals surface area contributed by atoms with Crippen molar-refractivity contribution in [3.05, 3.63) is 82.0 Å². The summed E-state index contributed by atoms with van der Waals surface area (Å²) in [6, 6.07) is 16.7. The van der Waals surface area contributed by atoms with Crippen LogP contribution in [0.3, 0.4) is 0 Å². The fraction of sp³-hybridized carbons (Fsp3) is 0.130. The van der Waals surface area contributed by atoms with Crippen LogP contribution in [0.25, 0.3) is 27.3 Å². The van der Waals surface area contributed by atoms with Gasteiger partial charge in [-0.05, 0) is 41.8 Å². The van der Waals surface area contributed by atoms with Crippen molar-refractivity contribution >= 4 is 34.9 Å². The number of fused-ring (bicyclic) bond motifs is 1. The Morgan fingerprint density at radius 3 is 2.67 bits per heavy atom. The second-order valence-corrected chi connectivity index (χ2v) is 8.57. The molecule has 166 valence electrons. The predicted molar refractivity (Wildman–Crippen MR) is 131 cm³/mol. The molecule has 0 amide bonds. The van der Waals surface area contributed by atoms with Gasteiger partial charge in [0.1, 0.15) is 22.6 Å². The van der Waals surface area contributed by atoms with Crippen LogP contribution in [0.15, 0.2) is 64.8 Å². The molecule has 1 N–H and O–H groups in total. The normalized spacial score (nSPS) is 12.1. The van der Waals surface area contributed by atoms with E-state index >= 15 is 0 Å². The fourth-order valence-corrected chi connectivity index (χ4v) is 4.59. The minimum Gasteiger partial charge on any atom is -0.497 e. The van der Waals surface area contributed by atoms with E-state index in [9.17, 15) is 4.79 Å². The number of hydrogen-bond donors (Lipinski definition) is 2. The molecule has 0 radical (unpaired) electrons. The summed E-state index contributed by atoms with van der Waals surface area (Å²) in [5, 5.41) is 10.6. The number of hydrogen-bond acceptors (Lipinski definition) is 8. The number of methoxy groups -OCH3 is 2. The summed E-state index contributed by atoms with van der Waals surface area (Å²) < 4.78 is 12.7. The Morgan fingerprint density at radius 1 is 1.06 bits per heavy atom. The lowest BCUT2D eigenvalue weighted by Gasteiger charge is -2.16. The highest BCUT2D eigenvalue weighted by Crippen LogP contribution is 2.35. The SMILES string of the molecule is COc1ccc2nc(C(S)c3nnc(-c4cccs4)n3-c3ccccc3OC)[nH]c(=O)c2c1. The maximum Gasteiger partial charge on any atom is 0.258 e. The zero-order chi connectivity index (χ0) is 22.9. The third-order valence-electron chi connectivity index (χ3n) is 5.19. The summed E-state index contributed by atoms with van der Waals surface area (Å²) >= 11 is 6.35. The zero-order valence-electron chi connectivity index (χ0n) is 17.7. The second kappa shape index (κ2) is 8.72. The summed E-state index contributed by atoms with van der Waals surface area (Å²) in [5.41, 5.74) is 1.01. The quantitative estimate of drug-likeness (QED) is 0.355. The molecule has 3 aromatic heterocycles. The molecule has 0 saturated carbocycles. The van der Waals surface area contributed by atoms with Gasteiger partial charge in [-0.2, -0.15) is 12.6 Å². The van der Waals surface area contributed by atoms with Crippen molar-refractivity contribution in [3.63, 3.8) is 0 Å². The van der Waals surface area contributed by atoms with Gasteiger partial charge >= 0.3 is 0 Å². The maximum absolute atomic E-state index is 12.8. The molecule has 0 aliphatic rings. The molecule has 1 atom stereocenters. The van der Waals surface area contributed by atoms with Gasteiger partial charge in [-0.1, -0.05) is 18.2 Å². The zero-order valence-corrected chi connectivity index (χ0v) is 19.4. The molecule has 33 heavy (non-hydrogen) atoms. The summed E-state index contributed by atoms with van der Waals surface area (Å²) in [7, 11) is 3.17. The van der Waals surface area contributed by atoms with Crippen molar-refractivity contribution < 1.29 is 9.47 Å². The topological polar surface area (TPSA) is 94.9 Å². The molecule has 0 saturated heterocycles. The minimum atomic E-state index is -0.657. The van der Waals surface area contributed by atoms with Crippen molar-refractivity contribution in [1.82, 2.24) is 24.7 Å². The summed E-state index contributed by atoms with van der Waals surface area (Å²) in [6.07, 6.45) is 0. The molecule has 0 bridgehead atoms. The van der Waals surface area contributed by atoms with E-state index < -0.39 is 5.25 Å². The highest BCUT2D eigenvalue weighted by Gasteiger charge is 2.26. The Balaban J connectivity index is 1.69. The molecule has 1 unspecified atom stereocenters. The molecular weight excluding hydrogens is 458 g/mol. The number of rotatable bonds is 6. The monoisotopic (exact) mass is 477 g/mol. The first-order chi connectivity index (χ1) is 16.1. The average molecular weight is 478 g/mol. The van der Waals surface area contributed by atoms with E-state index in [1.165, 1.54) is 0 Å². The predicted octanol–water partition coefficient (Wildman–Crippen LogP) is 4.27. The van der Waals surface area contributed by atoms with Crippen LogP contribution in [0.1, 0.15) is 16.9 Å². The van der Waals surface area contributed by atoms with Gasteiger partial charge in [0.25, 0.3) is 5.56 Å². The second-order valence-electron chi connectivity index (χ2n) is 7.10. The van der Waals surface area contributed by atoms with Crippen LogP contribution in [0.4, 0.5) is 0 Å². The number of nitrogens with one attached hydrogen (secondary N) is 1. The Labute approximate surface area is 198 Å². The van der Waals surface area contributed by atoms with Crippen molar-refractivity contribution in [3.8, 4) is 27.9 Å². The lowest BCUT2D eigenvalue weighted by atomic mass is 10.2. The third kappa shape index (κ3) is 3.77. The lowest BCUT2D eigenvalue weighted by Crippen LogP contribution is -2.16. The van der Waals surface area contributed by atoms with E-state index in [0.29, 0.717) is 39.9 Å². The third-order valence-corrected chi connectivity index (χ3v) is 6.53. The summed E-state index contributed by atoms with van der Waals surface area (Å²) in [6.45, 7) is 0. The number of aromatic amines is 1. The number of ether oxygens (including phenoxy) is 2. The van der Waals surface area contributed by atoms with Crippen LogP contribution >= 0.6 is 24.0 Å². The van der Waals surface area contributed by atoms with Crippen molar-refractivity contribution in [2.45, 2.75) is 5.25 Å². The Hall–Kier alpha value is -3.63. The summed E-state index contributed by atoms with van der Waals surface area (Å²) in [4.78, 5) is 21.2. The first kappa shape index (κ1) is 21.2. The van der Waals surface area contributed by atoms with E-state index in [0.717, 1.165) is 10.6 Å². The minimum absolute atomic E-state index is 0.283. The Bertz CT molecular complexity index is 1490. The lowest BCUT2D eigenvalue weighted by molar-refractivity contribution is 0.412. The van der Waals surface area contributed by atoms with Gasteiger partial charge in [-0.25, -0.2) is 4.98 Å². The van der Waals surface area contributed by atoms with Crippen LogP contribution in [-0.4, -0.2) is 39.0 Å². The average Bonchev–Trinajstić information content (AvgIpc) is 3.53. The number of thiophene rings is 1. The molecule has 0 spiro atoms. The van der Waals surface area contributed by atoms with Gasteiger partial charge in [0.15, 0.2) is 11.6 Å². The van der Waals surface area contributed by atoms with Crippen LogP contribution in [0.5, 0.6) is 11.5 Å². The maximum atomic E-state index is 12.8. The molecule has 3 heterocycles. The molecule has 0 aliphatic carbocycles. The molecule has 5 aromatic rings. The molecule has 10 heteroatoms. The van der Waals surface area contributed by atoms with E-state index in [1.807, 2.05) is 46.3 Å². The molecule has 2 aromatic carbocycles. The first-order valence-electron chi connectivity index (χ1n) is 9.99. The van der Waals surface area contributed by atoms with E-state index in [1.54, 1.807) is 43.8 Å². The van der Waals surface area contributed by atoms with Crippen molar-refractivity contribution in [1.29, 1.82) is 0 Å². The Kier molecular flexibility index (Phi) is 5.61. The standard InChI is InChI=1S/C23H19N5O3S2/c1-30-13-9-10-15-14(12-13)23(29)25-20(24-15)19(32)22-27-26-21(18-8-5-11-33-18)28(22)16-6-3-4-7-17(16)31-2/h3-12,19,32H,1-2H3,(H,24,25,29). The molecule has 0 aliphatic heterocycles. The van der Waals surface area contributed by atoms with Crippen LogP contribution < -0.4 is 15.0 Å². The molecule has 0 fully saturated rings. The van der Waals surface area contributed by atoms with Crippen LogP contribution in [-0.2, 0) is 0 Å². The fourth-order valence-electron chi connectivity index (χ4n) is 3.61. The number of para-hydroxylation sites is 2. The number of thiol groups is 1. The highest BCUT2D eigenvalue weighted by molar-refractivity contribution is 7.80. The van der Waals surface area contributed by atoms with E-state index in [4.69, 9.17) is 22.1 Å². The first-order valence-corrected chi connectivity index (χ1v) is 11.4. The smallest absolute Gasteiger partial charge is 0.258 e. The van der Waals surface area contributed by atoms with E-state index in [-0.39, 0.29) is 5.56 Å². The highest BCUT2D eigenvalue weighted by atomic mass is 32.1. The van der Waals surface area contributed by atoms with E-state index in [2.05, 4.69) is 20.2 Å². The van der Waals surface area contributed by atoms with Crippen LogP contribution in [0.2, 0.25) is 0 Å². The van der Waals surface area contributed by atoms with Gasteiger partial charge in [0, 0.05) is 0 Å². The molecule has 5 rings (SSSR count). The summed E-state index contributed by atoms with van der Waals surface area (Å²) in [5.74, 6) is 2.76. The van der Waals surface area contributed by atoms with Gasteiger partial charge in [-0.3, -0.25) is 9.36 Å². The van der Waals surface area contributed by atoms with Gasteiger partial charge in [-0.15, -0.1) is 21.5 Å². The molecule has 8 nitrogen and oxygen atoms in total. The number of benzene rings is 2. The van der Waals surface area contributed by atoms with Crippen LogP contribution in [0, 0.1) is 0 Å². The van der Waals surface area contributed by atoms with Gasteiger partial charge < -0.3 is 14.5 Å². The molecular formula is C23H19N5O3S2.